The second kappa shape index (κ2) is 11.8. The molecular formula is C23H28N2O6. The number of fused-ring (bicyclic) bond motifs is 2. The Balaban J connectivity index is 0.000000366. The number of nitrogens with one attached hydrogen (secondary N) is 1. The number of carbonyl (C=O) groups excluding carboxylic acids is 1. The summed E-state index contributed by atoms with van der Waals surface area (Å²) < 4.78 is 11.7. The molecule has 1 heterocycles. The summed E-state index contributed by atoms with van der Waals surface area (Å²) in [6.07, 6.45) is 4.69. The van der Waals surface area contributed by atoms with E-state index in [1.54, 1.807) is 7.11 Å². The third kappa shape index (κ3) is 7.51. The molecule has 0 saturated heterocycles. The van der Waals surface area contributed by atoms with Crippen molar-refractivity contribution in [2.24, 2.45) is 0 Å². The van der Waals surface area contributed by atoms with Crippen LogP contribution in [0.4, 0.5) is 0 Å². The number of carboxylic acids is 2. The molecule has 0 spiro atoms. The maximum absolute atomic E-state index is 9.53. The molecule has 1 aliphatic carbocycles. The maximum Gasteiger partial charge on any atom is 0.328 e. The third-order valence-electron chi connectivity index (χ3n) is 4.72. The van der Waals surface area contributed by atoms with Crippen molar-refractivity contribution in [3.8, 4) is 5.75 Å². The van der Waals surface area contributed by atoms with Crippen LogP contribution >= 0.6 is 0 Å². The van der Waals surface area contributed by atoms with Gasteiger partial charge in [-0.1, -0.05) is 12.1 Å². The van der Waals surface area contributed by atoms with Crippen LogP contribution in [0, 0.1) is 0 Å². The second-order valence-electron chi connectivity index (χ2n) is 7.30. The monoisotopic (exact) mass is 428 g/mol. The first kappa shape index (κ1) is 24.0. The molecule has 3 rings (SSSR count). The second-order valence-corrected chi connectivity index (χ2v) is 7.30. The molecule has 2 aromatic rings. The highest BCUT2D eigenvalue weighted by Crippen LogP contribution is 2.36. The number of benzene rings is 1. The van der Waals surface area contributed by atoms with E-state index in [-0.39, 0.29) is 6.10 Å². The zero-order valence-corrected chi connectivity index (χ0v) is 18.0. The first-order valence-corrected chi connectivity index (χ1v) is 9.95. The molecule has 8 heteroatoms. The Morgan fingerprint density at radius 1 is 1.23 bits per heavy atom. The Kier molecular flexibility index (Phi) is 9.17. The SMILES string of the molecule is COc1ccc2c(c1)C(OCC[NH+](C)C)c1cccnc1CC2.O=C([O-])/C=C\C(=O)O. The van der Waals surface area contributed by atoms with Crippen LogP contribution in [-0.2, 0) is 27.2 Å². The molecule has 8 nitrogen and oxygen atoms in total. The minimum absolute atomic E-state index is 0.0642. The number of aromatic nitrogens is 1. The summed E-state index contributed by atoms with van der Waals surface area (Å²) in [4.78, 5) is 24.9. The maximum atomic E-state index is 9.53. The quantitative estimate of drug-likeness (QED) is 0.588. The van der Waals surface area contributed by atoms with Gasteiger partial charge in [0.25, 0.3) is 0 Å². The lowest BCUT2D eigenvalue weighted by Gasteiger charge is -2.21. The predicted octanol–water partition coefficient (Wildman–Crippen LogP) is -0.184. The molecule has 0 amide bonds. The highest BCUT2D eigenvalue weighted by molar-refractivity contribution is 5.88. The van der Waals surface area contributed by atoms with E-state index in [4.69, 9.17) is 14.6 Å². The van der Waals surface area contributed by atoms with Gasteiger partial charge in [-0.2, -0.15) is 0 Å². The van der Waals surface area contributed by atoms with Gasteiger partial charge in [0.15, 0.2) is 0 Å². The van der Waals surface area contributed by atoms with Gasteiger partial charge in [0.05, 0.1) is 33.8 Å². The number of hydrogen-bond donors (Lipinski definition) is 2. The molecule has 1 unspecified atom stereocenters. The molecule has 0 fully saturated rings. The number of carboxylic acid groups (broad SMARTS) is 2. The van der Waals surface area contributed by atoms with Gasteiger partial charge in [-0.15, -0.1) is 0 Å². The fourth-order valence-electron chi connectivity index (χ4n) is 3.19. The Morgan fingerprint density at radius 3 is 2.61 bits per heavy atom. The van der Waals surface area contributed by atoms with E-state index in [9.17, 15) is 14.7 Å². The highest BCUT2D eigenvalue weighted by Gasteiger charge is 2.25. The number of hydrogen-bond acceptors (Lipinski definition) is 6. The summed E-state index contributed by atoms with van der Waals surface area (Å²) in [5.41, 5.74) is 4.87. The molecular weight excluding hydrogens is 400 g/mol. The van der Waals surface area contributed by atoms with Crippen molar-refractivity contribution in [2.75, 3.05) is 34.4 Å². The summed E-state index contributed by atoms with van der Waals surface area (Å²) in [6.45, 7) is 1.70. The molecule has 1 aliphatic rings. The number of quaternary nitrogens is 1. The molecule has 1 atom stereocenters. The Morgan fingerprint density at radius 2 is 2.00 bits per heavy atom. The number of ether oxygens (including phenoxy) is 2. The van der Waals surface area contributed by atoms with Gasteiger partial charge in [-0.25, -0.2) is 4.79 Å². The first-order chi connectivity index (χ1) is 14.8. The van der Waals surface area contributed by atoms with Crippen LogP contribution in [0.15, 0.2) is 48.7 Å². The van der Waals surface area contributed by atoms with Gasteiger partial charge in [-0.3, -0.25) is 4.98 Å². The lowest BCUT2D eigenvalue weighted by molar-refractivity contribution is -0.858. The topological polar surface area (TPSA) is 113 Å². The van der Waals surface area contributed by atoms with E-state index in [0.717, 1.165) is 37.4 Å². The van der Waals surface area contributed by atoms with Crippen molar-refractivity contribution in [3.63, 3.8) is 0 Å². The number of carbonyl (C=O) groups is 2. The van der Waals surface area contributed by atoms with Crippen LogP contribution < -0.4 is 14.7 Å². The average molecular weight is 428 g/mol. The lowest BCUT2D eigenvalue weighted by atomic mass is 9.98. The molecule has 0 radical (unpaired) electrons. The normalized spacial score (nSPS) is 14.8. The van der Waals surface area contributed by atoms with Crippen molar-refractivity contribution < 1.29 is 34.2 Å². The number of rotatable bonds is 7. The van der Waals surface area contributed by atoms with Gasteiger partial charge >= 0.3 is 5.97 Å². The molecule has 0 bridgehead atoms. The Bertz CT molecular complexity index is 910. The molecule has 31 heavy (non-hydrogen) atoms. The standard InChI is InChI=1S/C19H24N2O2.C4H4O4/c1-21(2)11-12-23-19-16-5-4-10-20-18(16)9-7-14-6-8-15(22-3)13-17(14)19;5-3(6)1-2-4(7)8/h4-6,8,10,13,19H,7,9,11-12H2,1-3H3;1-2H,(H,5,6)(H,7,8)/b;2-1-. The Hall–Kier alpha value is -3.23. The van der Waals surface area contributed by atoms with Crippen molar-refractivity contribution in [3.05, 3.63) is 71.1 Å². The molecule has 0 aliphatic heterocycles. The summed E-state index contributed by atoms with van der Waals surface area (Å²) in [5.74, 6) is -1.93. The van der Waals surface area contributed by atoms with E-state index in [0.29, 0.717) is 12.2 Å². The minimum Gasteiger partial charge on any atom is -0.545 e. The van der Waals surface area contributed by atoms with Crippen LogP contribution in [0.3, 0.4) is 0 Å². The molecule has 2 N–H and O–H groups in total. The third-order valence-corrected chi connectivity index (χ3v) is 4.72. The van der Waals surface area contributed by atoms with Crippen molar-refractivity contribution in [2.45, 2.75) is 18.9 Å². The van der Waals surface area contributed by atoms with E-state index in [1.807, 2.05) is 18.3 Å². The van der Waals surface area contributed by atoms with E-state index in [2.05, 4.69) is 37.3 Å². The van der Waals surface area contributed by atoms with Gasteiger partial charge in [-0.05, 0) is 48.2 Å². The smallest absolute Gasteiger partial charge is 0.328 e. The van der Waals surface area contributed by atoms with E-state index >= 15 is 0 Å². The predicted molar refractivity (Wildman–Crippen MR) is 112 cm³/mol. The lowest BCUT2D eigenvalue weighted by Crippen LogP contribution is -3.06. The number of aliphatic carboxylic acids is 2. The number of aryl methyl sites for hydroxylation is 2. The largest absolute Gasteiger partial charge is 0.545 e. The molecule has 0 saturated carbocycles. The zero-order valence-electron chi connectivity index (χ0n) is 18.0. The van der Waals surface area contributed by atoms with Crippen LogP contribution in [0.1, 0.15) is 28.5 Å². The van der Waals surface area contributed by atoms with Crippen molar-refractivity contribution >= 4 is 11.9 Å². The highest BCUT2D eigenvalue weighted by atomic mass is 16.5. The minimum atomic E-state index is -1.51. The zero-order chi connectivity index (χ0) is 22.8. The summed E-state index contributed by atoms with van der Waals surface area (Å²) in [7, 11) is 5.99. The van der Waals surface area contributed by atoms with Crippen molar-refractivity contribution in [1.82, 2.24) is 4.98 Å². The summed E-state index contributed by atoms with van der Waals surface area (Å²) in [5, 5.41) is 17.2. The number of likely N-dealkylation sites (N-methyl/N-ethyl adjacent to an activating group) is 1. The van der Waals surface area contributed by atoms with E-state index in [1.165, 1.54) is 21.6 Å². The molecule has 1 aromatic heterocycles. The van der Waals surface area contributed by atoms with Crippen LogP contribution in [0.5, 0.6) is 5.75 Å². The van der Waals surface area contributed by atoms with Crippen LogP contribution in [0.25, 0.3) is 0 Å². The summed E-state index contributed by atoms with van der Waals surface area (Å²) in [6, 6.07) is 10.4. The fraction of sp³-hybridized carbons (Fsp3) is 0.348. The van der Waals surface area contributed by atoms with Gasteiger partial charge in [0.1, 0.15) is 18.4 Å². The Labute approximate surface area is 181 Å². The first-order valence-electron chi connectivity index (χ1n) is 9.95. The molecule has 1 aromatic carbocycles. The van der Waals surface area contributed by atoms with Gasteiger partial charge < -0.3 is 29.4 Å². The van der Waals surface area contributed by atoms with Crippen LogP contribution in [0.2, 0.25) is 0 Å². The van der Waals surface area contributed by atoms with E-state index < -0.39 is 11.9 Å². The van der Waals surface area contributed by atoms with Crippen molar-refractivity contribution in [1.29, 1.82) is 0 Å². The number of nitrogens with zero attached hydrogens (tertiary/aromatic N) is 1. The number of pyridine rings is 1. The average Bonchev–Trinajstić information content (AvgIpc) is 2.89. The summed E-state index contributed by atoms with van der Waals surface area (Å²) >= 11 is 0. The molecule has 166 valence electrons. The van der Waals surface area contributed by atoms with Gasteiger partial charge in [0.2, 0.25) is 0 Å². The van der Waals surface area contributed by atoms with Gasteiger partial charge in [0, 0.05) is 23.5 Å². The van der Waals surface area contributed by atoms with Crippen LogP contribution in [-0.4, -0.2) is 56.4 Å². The fourth-order valence-corrected chi connectivity index (χ4v) is 3.19. The number of methoxy groups -OCH3 is 1.